The minimum Gasteiger partial charge on any atom is -0.481 e. The molecule has 0 radical (unpaired) electrons. The molecule has 0 heterocycles. The lowest BCUT2D eigenvalue weighted by molar-refractivity contribution is -0.143. The summed E-state index contributed by atoms with van der Waals surface area (Å²) in [6.45, 7) is 0.987. The van der Waals surface area contributed by atoms with Gasteiger partial charge in [0, 0.05) is 12.2 Å². The van der Waals surface area contributed by atoms with Crippen LogP contribution in [0.25, 0.3) is 0 Å². The number of carboxylic acids is 2. The molecule has 0 saturated heterocycles. The van der Waals surface area contributed by atoms with E-state index in [1.807, 2.05) is 0 Å². The molecule has 0 aromatic rings. The first-order chi connectivity index (χ1) is 11.6. The van der Waals surface area contributed by atoms with E-state index < -0.39 is 54.2 Å². The maximum Gasteiger partial charge on any atom is 0.326 e. The highest BCUT2D eigenvalue weighted by atomic mass is 32.1. The molecule has 142 valence electrons. The Morgan fingerprint density at radius 3 is 2.04 bits per heavy atom. The van der Waals surface area contributed by atoms with E-state index in [0.29, 0.717) is 0 Å². The Morgan fingerprint density at radius 2 is 1.60 bits per heavy atom. The predicted octanol–water partition coefficient (Wildman–Crippen LogP) is -2.70. The van der Waals surface area contributed by atoms with Crippen molar-refractivity contribution in [1.82, 2.24) is 16.0 Å². The maximum atomic E-state index is 12.0. The second-order valence-corrected chi connectivity index (χ2v) is 5.43. The van der Waals surface area contributed by atoms with Gasteiger partial charge in [0.2, 0.25) is 17.7 Å². The van der Waals surface area contributed by atoms with Crippen molar-refractivity contribution in [2.75, 3.05) is 12.3 Å². The summed E-state index contributed by atoms with van der Waals surface area (Å²) in [5.41, 5.74) is 5.13. The number of amides is 3. The van der Waals surface area contributed by atoms with Gasteiger partial charge in [-0.15, -0.1) is 0 Å². The highest BCUT2D eigenvalue weighted by Gasteiger charge is 2.26. The van der Waals surface area contributed by atoms with E-state index in [1.165, 1.54) is 6.92 Å². The third-order valence-electron chi connectivity index (χ3n) is 3.03. The fourth-order valence-electron chi connectivity index (χ4n) is 1.65. The highest BCUT2D eigenvalue weighted by Crippen LogP contribution is 1.99. The van der Waals surface area contributed by atoms with Gasteiger partial charge < -0.3 is 31.9 Å². The van der Waals surface area contributed by atoms with Crippen molar-refractivity contribution >= 4 is 42.3 Å². The zero-order valence-corrected chi connectivity index (χ0v) is 14.4. The Morgan fingerprint density at radius 1 is 1.00 bits per heavy atom. The topological polar surface area (TPSA) is 188 Å². The molecule has 0 aromatic carbocycles. The number of hydrogen-bond donors (Lipinski definition) is 7. The van der Waals surface area contributed by atoms with Crippen molar-refractivity contribution in [2.24, 2.45) is 5.73 Å². The van der Waals surface area contributed by atoms with Crippen molar-refractivity contribution in [1.29, 1.82) is 0 Å². The summed E-state index contributed by atoms with van der Waals surface area (Å²) in [6, 6.07) is -3.53. The minimum atomic E-state index is -1.40. The van der Waals surface area contributed by atoms with E-state index in [4.69, 9.17) is 15.9 Å². The van der Waals surface area contributed by atoms with Crippen LogP contribution in [0.2, 0.25) is 0 Å². The molecular formula is C13H22N4O7S. The first-order valence-corrected chi connectivity index (χ1v) is 7.91. The van der Waals surface area contributed by atoms with E-state index >= 15 is 0 Å². The van der Waals surface area contributed by atoms with Gasteiger partial charge in [-0.2, -0.15) is 12.6 Å². The van der Waals surface area contributed by atoms with Crippen LogP contribution in [0.5, 0.6) is 0 Å². The molecule has 0 bridgehead atoms. The standard InChI is InChI=1S/C13H22N4O7S/c1-6(15-12(22)8(5-25)16-9(18)4-14)11(21)17-7(13(23)24)2-3-10(19)20/h6-8,25H,2-5,14H2,1H3,(H,15,22)(H,16,18)(H,17,21)(H,19,20)(H,23,24). The molecule has 3 unspecified atom stereocenters. The zero-order chi connectivity index (χ0) is 19.6. The van der Waals surface area contributed by atoms with E-state index in [9.17, 15) is 24.0 Å². The number of hydrogen-bond acceptors (Lipinski definition) is 7. The Balaban J connectivity index is 4.69. The third-order valence-corrected chi connectivity index (χ3v) is 3.40. The normalized spacial score (nSPS) is 13.9. The van der Waals surface area contributed by atoms with Gasteiger partial charge in [-0.1, -0.05) is 0 Å². The number of carbonyl (C=O) groups excluding carboxylic acids is 3. The molecule has 0 aromatic heterocycles. The molecule has 0 saturated carbocycles. The van der Waals surface area contributed by atoms with Gasteiger partial charge >= 0.3 is 11.9 Å². The lowest BCUT2D eigenvalue weighted by Crippen LogP contribution is -2.55. The van der Waals surface area contributed by atoms with E-state index in [1.54, 1.807) is 0 Å². The molecule has 25 heavy (non-hydrogen) atoms. The molecule has 12 heteroatoms. The summed E-state index contributed by atoms with van der Waals surface area (Å²) in [7, 11) is 0. The smallest absolute Gasteiger partial charge is 0.326 e. The van der Waals surface area contributed by atoms with Crippen LogP contribution in [0.3, 0.4) is 0 Å². The molecule has 3 atom stereocenters. The molecule has 0 spiro atoms. The van der Waals surface area contributed by atoms with Gasteiger partial charge in [-0.05, 0) is 13.3 Å². The molecule has 0 fully saturated rings. The number of aliphatic carboxylic acids is 2. The van der Waals surface area contributed by atoms with Gasteiger partial charge in [0.05, 0.1) is 6.54 Å². The summed E-state index contributed by atoms with van der Waals surface area (Å²) in [5, 5.41) is 24.3. The number of thiol groups is 1. The van der Waals surface area contributed by atoms with Crippen LogP contribution in [0.4, 0.5) is 0 Å². The summed E-state index contributed by atoms with van der Waals surface area (Å²) < 4.78 is 0. The molecular weight excluding hydrogens is 356 g/mol. The highest BCUT2D eigenvalue weighted by molar-refractivity contribution is 7.80. The number of rotatable bonds is 11. The second kappa shape index (κ2) is 11.3. The molecule has 0 aliphatic carbocycles. The Bertz CT molecular complexity index is 529. The van der Waals surface area contributed by atoms with Crippen molar-refractivity contribution < 1.29 is 34.2 Å². The van der Waals surface area contributed by atoms with Crippen molar-refractivity contribution in [2.45, 2.75) is 37.9 Å². The quantitative estimate of drug-likeness (QED) is 0.189. The third kappa shape index (κ3) is 8.91. The molecule has 11 nitrogen and oxygen atoms in total. The van der Waals surface area contributed by atoms with Crippen LogP contribution >= 0.6 is 12.6 Å². The van der Waals surface area contributed by atoms with Crippen LogP contribution < -0.4 is 21.7 Å². The molecule has 0 rings (SSSR count). The Labute approximate surface area is 149 Å². The molecule has 0 aliphatic rings. The summed E-state index contributed by atoms with van der Waals surface area (Å²) in [5.74, 6) is -4.72. The van der Waals surface area contributed by atoms with E-state index in [0.717, 1.165) is 0 Å². The van der Waals surface area contributed by atoms with Crippen LogP contribution in [-0.2, 0) is 24.0 Å². The fourth-order valence-corrected chi connectivity index (χ4v) is 1.91. The largest absolute Gasteiger partial charge is 0.481 e. The summed E-state index contributed by atoms with van der Waals surface area (Å²) in [6.07, 6.45) is -0.742. The number of carbonyl (C=O) groups is 5. The zero-order valence-electron chi connectivity index (χ0n) is 13.5. The monoisotopic (exact) mass is 378 g/mol. The lowest BCUT2D eigenvalue weighted by Gasteiger charge is -2.21. The van der Waals surface area contributed by atoms with Gasteiger partial charge in [-0.3, -0.25) is 19.2 Å². The van der Waals surface area contributed by atoms with Gasteiger partial charge in [0.25, 0.3) is 0 Å². The first-order valence-electron chi connectivity index (χ1n) is 7.28. The predicted molar refractivity (Wildman–Crippen MR) is 88.9 cm³/mol. The maximum absolute atomic E-state index is 12.0. The fraction of sp³-hybridized carbons (Fsp3) is 0.615. The summed E-state index contributed by atoms with van der Waals surface area (Å²) in [4.78, 5) is 56.7. The minimum absolute atomic E-state index is 0.0394. The number of nitrogens with one attached hydrogen (secondary N) is 3. The van der Waals surface area contributed by atoms with Crippen LogP contribution in [-0.4, -0.2) is 70.3 Å². The van der Waals surface area contributed by atoms with Crippen LogP contribution in [0.15, 0.2) is 0 Å². The average molecular weight is 378 g/mol. The van der Waals surface area contributed by atoms with Gasteiger partial charge in [-0.25, -0.2) is 4.79 Å². The SMILES string of the molecule is CC(NC(=O)C(CS)NC(=O)CN)C(=O)NC(CCC(=O)O)C(=O)O. The number of carboxylic acid groups (broad SMARTS) is 2. The van der Waals surface area contributed by atoms with E-state index in [-0.39, 0.29) is 18.7 Å². The first kappa shape index (κ1) is 22.7. The van der Waals surface area contributed by atoms with Gasteiger partial charge in [0.15, 0.2) is 0 Å². The van der Waals surface area contributed by atoms with Crippen LogP contribution in [0, 0.1) is 0 Å². The molecule has 3 amide bonds. The van der Waals surface area contributed by atoms with Crippen LogP contribution in [0.1, 0.15) is 19.8 Å². The summed E-state index contributed by atoms with van der Waals surface area (Å²) >= 11 is 3.92. The molecule has 7 N–H and O–H groups in total. The lowest BCUT2D eigenvalue weighted by atomic mass is 10.1. The van der Waals surface area contributed by atoms with Crippen molar-refractivity contribution in [3.05, 3.63) is 0 Å². The van der Waals surface area contributed by atoms with Crippen molar-refractivity contribution in [3.63, 3.8) is 0 Å². The average Bonchev–Trinajstić information content (AvgIpc) is 2.54. The number of nitrogens with two attached hydrogens (primary N) is 1. The van der Waals surface area contributed by atoms with E-state index in [2.05, 4.69) is 28.6 Å². The second-order valence-electron chi connectivity index (χ2n) is 5.07. The van der Waals surface area contributed by atoms with Crippen molar-refractivity contribution in [3.8, 4) is 0 Å². The Kier molecular flexibility index (Phi) is 10.2. The molecule has 0 aliphatic heterocycles. The van der Waals surface area contributed by atoms with Gasteiger partial charge in [0.1, 0.15) is 18.1 Å². The Hall–Kier alpha value is -2.34.